The van der Waals surface area contributed by atoms with Crippen LogP contribution >= 0.6 is 11.8 Å². The zero-order valence-corrected chi connectivity index (χ0v) is 12.5. The number of anilines is 1. The van der Waals surface area contributed by atoms with E-state index in [1.54, 1.807) is 19.1 Å². The third-order valence-electron chi connectivity index (χ3n) is 3.05. The third-order valence-corrected chi connectivity index (χ3v) is 3.59. The van der Waals surface area contributed by atoms with Crippen LogP contribution in [0.15, 0.2) is 23.4 Å². The Bertz CT molecular complexity index is 893. The van der Waals surface area contributed by atoms with Gasteiger partial charge in [-0.25, -0.2) is 0 Å². The standard InChI is InChI=1S/C12H11N7O2S/c1-6-5-7(3-4-8(6)19(20)21)9-14-11-16-12(22-2)15-10(13)18(11)17-9/h3-5H,1-2H3,(H2,13,14,15,16,17). The van der Waals surface area contributed by atoms with Gasteiger partial charge in [-0.05, 0) is 25.3 Å². The van der Waals surface area contributed by atoms with Gasteiger partial charge in [0.1, 0.15) is 0 Å². The molecule has 0 bridgehead atoms. The highest BCUT2D eigenvalue weighted by Gasteiger charge is 2.15. The number of aryl methyl sites for hydroxylation is 1. The average Bonchev–Trinajstić information content (AvgIpc) is 2.91. The molecule has 2 aromatic heterocycles. The summed E-state index contributed by atoms with van der Waals surface area (Å²) in [6.07, 6.45) is 1.84. The van der Waals surface area contributed by atoms with Gasteiger partial charge >= 0.3 is 0 Å². The summed E-state index contributed by atoms with van der Waals surface area (Å²) in [4.78, 5) is 23.0. The van der Waals surface area contributed by atoms with E-state index in [0.29, 0.717) is 27.9 Å². The molecule has 0 saturated heterocycles. The minimum absolute atomic E-state index is 0.0523. The molecular formula is C12H11N7O2S. The van der Waals surface area contributed by atoms with Gasteiger partial charge in [-0.3, -0.25) is 10.1 Å². The molecule has 3 rings (SSSR count). The molecule has 22 heavy (non-hydrogen) atoms. The van der Waals surface area contributed by atoms with Crippen molar-refractivity contribution in [3.05, 3.63) is 33.9 Å². The van der Waals surface area contributed by atoms with Gasteiger partial charge in [0.25, 0.3) is 11.5 Å². The van der Waals surface area contributed by atoms with Crippen molar-refractivity contribution in [1.29, 1.82) is 0 Å². The number of nitro benzene ring substituents is 1. The van der Waals surface area contributed by atoms with Gasteiger partial charge in [0.15, 0.2) is 11.0 Å². The molecule has 3 aromatic rings. The van der Waals surface area contributed by atoms with Crippen molar-refractivity contribution in [3.63, 3.8) is 0 Å². The number of nitrogens with two attached hydrogens (primary N) is 1. The number of benzene rings is 1. The molecule has 10 heteroatoms. The van der Waals surface area contributed by atoms with E-state index < -0.39 is 4.92 Å². The van der Waals surface area contributed by atoms with Gasteiger partial charge < -0.3 is 5.73 Å². The smallest absolute Gasteiger partial charge is 0.272 e. The van der Waals surface area contributed by atoms with Crippen LogP contribution in [-0.2, 0) is 0 Å². The highest BCUT2D eigenvalue weighted by atomic mass is 32.2. The summed E-state index contributed by atoms with van der Waals surface area (Å²) in [6.45, 7) is 1.66. The number of nitro groups is 1. The van der Waals surface area contributed by atoms with Gasteiger partial charge in [0, 0.05) is 17.2 Å². The summed E-state index contributed by atoms with van der Waals surface area (Å²) in [5.41, 5.74) is 7.06. The summed E-state index contributed by atoms with van der Waals surface area (Å²) in [7, 11) is 0. The van der Waals surface area contributed by atoms with E-state index in [1.807, 2.05) is 6.26 Å². The first-order valence-electron chi connectivity index (χ1n) is 6.19. The molecule has 0 saturated carbocycles. The van der Waals surface area contributed by atoms with Gasteiger partial charge in [0.2, 0.25) is 5.95 Å². The maximum Gasteiger partial charge on any atom is 0.272 e. The molecule has 2 heterocycles. The largest absolute Gasteiger partial charge is 0.368 e. The second kappa shape index (κ2) is 5.22. The van der Waals surface area contributed by atoms with Gasteiger partial charge in [-0.15, -0.1) is 5.10 Å². The Morgan fingerprint density at radius 2 is 2.09 bits per heavy atom. The molecular weight excluding hydrogens is 306 g/mol. The van der Waals surface area contributed by atoms with Crippen molar-refractivity contribution in [1.82, 2.24) is 24.6 Å². The summed E-state index contributed by atoms with van der Waals surface area (Å²) in [5.74, 6) is 0.909. The number of thioether (sulfide) groups is 1. The number of hydrogen-bond acceptors (Lipinski definition) is 8. The fraction of sp³-hybridized carbons (Fsp3) is 0.167. The summed E-state index contributed by atoms with van der Waals surface area (Å²) in [5, 5.41) is 15.6. The van der Waals surface area contributed by atoms with Crippen molar-refractivity contribution < 1.29 is 4.92 Å². The summed E-state index contributed by atoms with van der Waals surface area (Å²) < 4.78 is 1.34. The quantitative estimate of drug-likeness (QED) is 0.439. The van der Waals surface area contributed by atoms with E-state index in [1.165, 1.54) is 22.3 Å². The zero-order valence-electron chi connectivity index (χ0n) is 11.7. The van der Waals surface area contributed by atoms with Crippen LogP contribution in [0.3, 0.4) is 0 Å². The second-order valence-corrected chi connectivity index (χ2v) is 5.25. The Kier molecular flexibility index (Phi) is 3.37. The van der Waals surface area contributed by atoms with E-state index in [9.17, 15) is 10.1 Å². The molecule has 0 spiro atoms. The molecule has 9 nitrogen and oxygen atoms in total. The first kappa shape index (κ1) is 14.2. The van der Waals surface area contributed by atoms with Crippen LogP contribution in [0.25, 0.3) is 17.2 Å². The lowest BCUT2D eigenvalue weighted by atomic mass is 10.1. The topological polar surface area (TPSA) is 125 Å². The molecule has 0 radical (unpaired) electrons. The van der Waals surface area contributed by atoms with Crippen molar-refractivity contribution in [2.45, 2.75) is 12.1 Å². The van der Waals surface area contributed by atoms with E-state index in [0.717, 1.165) is 0 Å². The molecule has 2 N–H and O–H groups in total. The molecule has 0 unspecified atom stereocenters. The van der Waals surface area contributed by atoms with Crippen LogP contribution in [0.2, 0.25) is 0 Å². The fourth-order valence-corrected chi connectivity index (χ4v) is 2.36. The summed E-state index contributed by atoms with van der Waals surface area (Å²) in [6, 6.07) is 4.68. The number of fused-ring (bicyclic) bond motifs is 1. The lowest BCUT2D eigenvalue weighted by Gasteiger charge is -1.99. The first-order valence-corrected chi connectivity index (χ1v) is 7.42. The Morgan fingerprint density at radius 3 is 2.73 bits per heavy atom. The number of nitrogens with zero attached hydrogens (tertiary/aromatic N) is 6. The molecule has 0 aliphatic heterocycles. The Hall–Kier alpha value is -2.75. The number of hydrogen-bond donors (Lipinski definition) is 1. The molecule has 0 atom stereocenters. The Labute approximate surface area is 128 Å². The van der Waals surface area contributed by atoms with Gasteiger partial charge in [-0.1, -0.05) is 11.8 Å². The molecule has 0 fully saturated rings. The molecule has 112 valence electrons. The van der Waals surface area contributed by atoms with Gasteiger partial charge in [0.05, 0.1) is 4.92 Å². The second-order valence-electron chi connectivity index (χ2n) is 4.47. The molecule has 0 aliphatic rings. The zero-order chi connectivity index (χ0) is 15.9. The first-order chi connectivity index (χ1) is 10.5. The maximum absolute atomic E-state index is 10.9. The minimum atomic E-state index is -0.426. The highest BCUT2D eigenvalue weighted by molar-refractivity contribution is 7.98. The van der Waals surface area contributed by atoms with Crippen LogP contribution in [0.4, 0.5) is 11.6 Å². The van der Waals surface area contributed by atoms with Crippen LogP contribution < -0.4 is 5.73 Å². The van der Waals surface area contributed by atoms with Crippen molar-refractivity contribution in [2.24, 2.45) is 0 Å². The third kappa shape index (κ3) is 2.33. The van der Waals surface area contributed by atoms with Crippen molar-refractivity contribution in [3.8, 4) is 11.4 Å². The molecule has 1 aromatic carbocycles. The SMILES string of the molecule is CSc1nc(N)n2nc(-c3ccc([N+](=O)[O-])c(C)c3)nc2n1. The van der Waals surface area contributed by atoms with Gasteiger partial charge in [-0.2, -0.15) is 19.5 Å². The Morgan fingerprint density at radius 1 is 1.32 bits per heavy atom. The van der Waals surface area contributed by atoms with Crippen LogP contribution in [-0.4, -0.2) is 35.7 Å². The monoisotopic (exact) mass is 317 g/mol. The average molecular weight is 317 g/mol. The normalized spacial score (nSPS) is 11.0. The summed E-state index contributed by atoms with van der Waals surface area (Å²) >= 11 is 1.35. The fourth-order valence-electron chi connectivity index (χ4n) is 2.00. The highest BCUT2D eigenvalue weighted by Crippen LogP contribution is 2.24. The lowest BCUT2D eigenvalue weighted by Crippen LogP contribution is -2.04. The van der Waals surface area contributed by atoms with E-state index in [-0.39, 0.29) is 11.6 Å². The predicted octanol–water partition coefficient (Wildman–Crippen LogP) is 1.71. The van der Waals surface area contributed by atoms with E-state index in [4.69, 9.17) is 5.73 Å². The van der Waals surface area contributed by atoms with Crippen molar-refractivity contribution in [2.75, 3.05) is 12.0 Å². The lowest BCUT2D eigenvalue weighted by molar-refractivity contribution is -0.385. The Balaban J connectivity index is 2.12. The number of nitrogen functional groups attached to an aromatic ring is 1. The van der Waals surface area contributed by atoms with Crippen LogP contribution in [0, 0.1) is 17.0 Å². The van der Waals surface area contributed by atoms with E-state index in [2.05, 4.69) is 20.1 Å². The molecule has 0 amide bonds. The van der Waals surface area contributed by atoms with Crippen LogP contribution in [0.5, 0.6) is 0 Å². The number of rotatable bonds is 3. The van der Waals surface area contributed by atoms with E-state index >= 15 is 0 Å². The minimum Gasteiger partial charge on any atom is -0.368 e. The van der Waals surface area contributed by atoms with Crippen LogP contribution in [0.1, 0.15) is 5.56 Å². The predicted molar refractivity (Wildman–Crippen MR) is 81.6 cm³/mol. The maximum atomic E-state index is 10.9. The molecule has 0 aliphatic carbocycles. The number of aromatic nitrogens is 5. The van der Waals surface area contributed by atoms with Crippen molar-refractivity contribution >= 4 is 29.2 Å².